The Bertz CT molecular complexity index is 1200. The van der Waals surface area contributed by atoms with Crippen molar-refractivity contribution in [3.63, 3.8) is 0 Å². The van der Waals surface area contributed by atoms with Crippen molar-refractivity contribution >= 4 is 22.8 Å². The summed E-state index contributed by atoms with van der Waals surface area (Å²) in [5.74, 6) is 0.460. The smallest absolute Gasteiger partial charge is 0.256 e. The van der Waals surface area contributed by atoms with E-state index in [0.717, 1.165) is 30.3 Å². The lowest BCUT2D eigenvalue weighted by Crippen LogP contribution is -2.39. The highest BCUT2D eigenvalue weighted by molar-refractivity contribution is 5.98. The summed E-state index contributed by atoms with van der Waals surface area (Å²) in [6.07, 6.45) is 8.64. The third-order valence-electron chi connectivity index (χ3n) is 6.46. The lowest BCUT2D eigenvalue weighted by Gasteiger charge is -2.35. The molecule has 0 spiro atoms. The van der Waals surface area contributed by atoms with E-state index in [1.54, 1.807) is 20.3 Å². The molecule has 1 aromatic carbocycles. The van der Waals surface area contributed by atoms with Gasteiger partial charge in [-0.3, -0.25) is 9.59 Å². The minimum absolute atomic E-state index is 0.0210. The first-order valence-corrected chi connectivity index (χ1v) is 11.3. The van der Waals surface area contributed by atoms with E-state index in [9.17, 15) is 9.59 Å². The predicted octanol–water partition coefficient (Wildman–Crippen LogP) is 3.54. The summed E-state index contributed by atoms with van der Waals surface area (Å²) in [6.45, 7) is 2.49. The van der Waals surface area contributed by atoms with Crippen LogP contribution in [0.4, 0.5) is 0 Å². The van der Waals surface area contributed by atoms with Gasteiger partial charge >= 0.3 is 0 Å². The summed E-state index contributed by atoms with van der Waals surface area (Å²) in [4.78, 5) is 42.9. The Kier molecular flexibility index (Phi) is 5.15. The number of aromatic nitrogens is 4. The molecule has 32 heavy (non-hydrogen) atoms. The monoisotopic (exact) mass is 432 g/mol. The van der Waals surface area contributed by atoms with Crippen LogP contribution in [0.3, 0.4) is 0 Å². The molecule has 3 heterocycles. The number of benzene rings is 1. The average molecular weight is 433 g/mol. The standard InChI is InChI=1S/C24H28N6O2/c1-15-18(24(32)28(2)3)13-25-22(27-15)21-6-4-5-11-29(21)23(31)16-7-10-20-19(12-16)26-14-30(20)17-8-9-17/h7,10,12-14,17,21H,4-6,8-9,11H2,1-3H3/t21-/m1/s1. The first kappa shape index (κ1) is 20.6. The maximum Gasteiger partial charge on any atom is 0.256 e. The van der Waals surface area contributed by atoms with Gasteiger partial charge in [-0.1, -0.05) is 0 Å². The lowest BCUT2D eigenvalue weighted by molar-refractivity contribution is 0.0598. The van der Waals surface area contributed by atoms with Crippen LogP contribution in [0.2, 0.25) is 0 Å². The SMILES string of the molecule is Cc1nc([C@H]2CCCCN2C(=O)c2ccc3c(c2)ncn3C2CC2)ncc1C(=O)N(C)C. The van der Waals surface area contributed by atoms with E-state index in [-0.39, 0.29) is 17.9 Å². The topological polar surface area (TPSA) is 84.2 Å². The first-order chi connectivity index (χ1) is 15.4. The van der Waals surface area contributed by atoms with Gasteiger partial charge in [0.25, 0.3) is 11.8 Å². The lowest BCUT2D eigenvalue weighted by atomic mass is 9.99. The molecule has 1 saturated carbocycles. The van der Waals surface area contributed by atoms with Gasteiger partial charge in [-0.05, 0) is 57.2 Å². The number of piperidine rings is 1. The van der Waals surface area contributed by atoms with Gasteiger partial charge in [0, 0.05) is 38.4 Å². The summed E-state index contributed by atoms with van der Waals surface area (Å²) in [5.41, 5.74) is 3.71. The number of nitrogens with zero attached hydrogens (tertiary/aromatic N) is 6. The van der Waals surface area contributed by atoms with Crippen LogP contribution in [-0.4, -0.2) is 61.8 Å². The Morgan fingerprint density at radius 2 is 1.91 bits per heavy atom. The number of likely N-dealkylation sites (tertiary alicyclic amines) is 1. The Morgan fingerprint density at radius 1 is 1.09 bits per heavy atom. The minimum atomic E-state index is -0.196. The molecule has 1 aliphatic heterocycles. The Morgan fingerprint density at radius 3 is 2.62 bits per heavy atom. The van der Waals surface area contributed by atoms with Gasteiger partial charge in [0.2, 0.25) is 0 Å². The molecule has 3 aromatic rings. The zero-order valence-corrected chi connectivity index (χ0v) is 18.8. The number of aryl methyl sites for hydroxylation is 1. The fraction of sp³-hybridized carbons (Fsp3) is 0.458. The Labute approximate surface area is 187 Å². The first-order valence-electron chi connectivity index (χ1n) is 11.3. The molecule has 166 valence electrons. The van der Waals surface area contributed by atoms with E-state index >= 15 is 0 Å². The normalized spacial score (nSPS) is 18.7. The zero-order valence-electron chi connectivity index (χ0n) is 18.8. The molecule has 2 amide bonds. The molecule has 2 aromatic heterocycles. The van der Waals surface area contributed by atoms with Crippen molar-refractivity contribution in [1.82, 2.24) is 29.3 Å². The number of hydrogen-bond acceptors (Lipinski definition) is 5. The zero-order chi connectivity index (χ0) is 22.4. The van der Waals surface area contributed by atoms with Gasteiger partial charge in [-0.15, -0.1) is 0 Å². The van der Waals surface area contributed by atoms with Crippen LogP contribution in [0.5, 0.6) is 0 Å². The van der Waals surface area contributed by atoms with Gasteiger partial charge < -0.3 is 14.4 Å². The molecule has 2 aliphatic rings. The summed E-state index contributed by atoms with van der Waals surface area (Å²) >= 11 is 0. The number of amides is 2. The van der Waals surface area contributed by atoms with Crippen molar-refractivity contribution in [2.75, 3.05) is 20.6 Å². The van der Waals surface area contributed by atoms with Gasteiger partial charge in [-0.25, -0.2) is 15.0 Å². The highest BCUT2D eigenvalue weighted by Gasteiger charge is 2.32. The molecule has 0 N–H and O–H groups in total. The van der Waals surface area contributed by atoms with E-state index in [0.29, 0.717) is 35.2 Å². The summed E-state index contributed by atoms with van der Waals surface area (Å²) in [7, 11) is 3.42. The minimum Gasteiger partial charge on any atom is -0.345 e. The van der Waals surface area contributed by atoms with Gasteiger partial charge in [-0.2, -0.15) is 0 Å². The maximum absolute atomic E-state index is 13.5. The molecular formula is C24H28N6O2. The van der Waals surface area contributed by atoms with Crippen molar-refractivity contribution in [2.24, 2.45) is 0 Å². The van der Waals surface area contributed by atoms with Crippen molar-refractivity contribution in [3.8, 4) is 0 Å². The second-order valence-electron chi connectivity index (χ2n) is 9.02. The van der Waals surface area contributed by atoms with E-state index < -0.39 is 0 Å². The number of carbonyl (C=O) groups is 2. The quantitative estimate of drug-likeness (QED) is 0.630. The van der Waals surface area contributed by atoms with E-state index in [1.165, 1.54) is 17.7 Å². The van der Waals surface area contributed by atoms with Gasteiger partial charge in [0.15, 0.2) is 5.82 Å². The van der Waals surface area contributed by atoms with Crippen LogP contribution in [0.25, 0.3) is 11.0 Å². The fourth-order valence-corrected chi connectivity index (χ4v) is 4.51. The molecule has 1 atom stereocenters. The van der Waals surface area contributed by atoms with Crippen molar-refractivity contribution in [2.45, 2.75) is 51.1 Å². The fourth-order valence-electron chi connectivity index (χ4n) is 4.51. The van der Waals surface area contributed by atoms with Crippen LogP contribution < -0.4 is 0 Å². The third-order valence-corrected chi connectivity index (χ3v) is 6.46. The van der Waals surface area contributed by atoms with Crippen LogP contribution >= 0.6 is 0 Å². The predicted molar refractivity (Wildman–Crippen MR) is 120 cm³/mol. The molecule has 0 bridgehead atoms. The van der Waals surface area contributed by atoms with E-state index in [4.69, 9.17) is 0 Å². The van der Waals surface area contributed by atoms with Crippen molar-refractivity contribution in [3.05, 3.63) is 53.4 Å². The highest BCUT2D eigenvalue weighted by Crippen LogP contribution is 2.37. The number of carbonyl (C=O) groups excluding carboxylic acids is 2. The van der Waals surface area contributed by atoms with Crippen LogP contribution in [0.1, 0.15) is 76.4 Å². The molecular weight excluding hydrogens is 404 g/mol. The summed E-state index contributed by atoms with van der Waals surface area (Å²) in [6, 6.07) is 6.17. The molecule has 8 heteroatoms. The van der Waals surface area contributed by atoms with E-state index in [1.807, 2.05) is 36.4 Å². The van der Waals surface area contributed by atoms with Crippen LogP contribution in [-0.2, 0) is 0 Å². The Hall–Kier alpha value is -3.29. The van der Waals surface area contributed by atoms with Crippen molar-refractivity contribution in [1.29, 1.82) is 0 Å². The molecule has 8 nitrogen and oxygen atoms in total. The number of rotatable bonds is 4. The highest BCUT2D eigenvalue weighted by atomic mass is 16.2. The molecule has 2 fully saturated rings. The summed E-state index contributed by atoms with van der Waals surface area (Å²) in [5, 5.41) is 0. The third kappa shape index (κ3) is 3.63. The maximum atomic E-state index is 13.5. The van der Waals surface area contributed by atoms with Crippen LogP contribution in [0.15, 0.2) is 30.7 Å². The second-order valence-corrected chi connectivity index (χ2v) is 9.02. The molecule has 5 rings (SSSR count). The number of imidazole rings is 1. The Balaban J connectivity index is 1.43. The number of hydrogen-bond donors (Lipinski definition) is 0. The van der Waals surface area contributed by atoms with E-state index in [2.05, 4.69) is 19.5 Å². The average Bonchev–Trinajstić information content (AvgIpc) is 3.56. The van der Waals surface area contributed by atoms with Crippen LogP contribution in [0, 0.1) is 6.92 Å². The largest absolute Gasteiger partial charge is 0.345 e. The molecule has 1 saturated heterocycles. The molecule has 0 radical (unpaired) electrons. The second kappa shape index (κ2) is 8.00. The number of fused-ring (bicyclic) bond motifs is 1. The van der Waals surface area contributed by atoms with Crippen molar-refractivity contribution < 1.29 is 9.59 Å². The van der Waals surface area contributed by atoms with Gasteiger partial charge in [0.1, 0.15) is 0 Å². The van der Waals surface area contributed by atoms with Gasteiger partial charge in [0.05, 0.1) is 34.7 Å². The summed E-state index contributed by atoms with van der Waals surface area (Å²) < 4.78 is 2.21. The molecule has 0 unspecified atom stereocenters. The molecule has 1 aliphatic carbocycles.